The number of rotatable bonds is 6. The van der Waals surface area contributed by atoms with E-state index in [1.165, 1.54) is 19.2 Å². The Kier molecular flexibility index (Phi) is 4.98. The van der Waals surface area contributed by atoms with Crippen molar-refractivity contribution in [2.75, 3.05) is 17.6 Å². The monoisotopic (exact) mass is 268 g/mol. The minimum Gasteiger partial charge on any atom is -0.495 e. The molecular formula is C12H16N2O3S. The lowest BCUT2D eigenvalue weighted by Gasteiger charge is -2.11. The van der Waals surface area contributed by atoms with Crippen molar-refractivity contribution in [2.45, 2.75) is 19.8 Å². The molecule has 18 heavy (non-hydrogen) atoms. The molecular weight excluding hydrogens is 252 g/mol. The van der Waals surface area contributed by atoms with Crippen molar-refractivity contribution < 1.29 is 13.2 Å². The molecule has 0 amide bonds. The van der Waals surface area contributed by atoms with E-state index in [0.717, 1.165) is 6.42 Å². The van der Waals surface area contributed by atoms with Crippen LogP contribution in [0.15, 0.2) is 18.2 Å². The second kappa shape index (κ2) is 6.26. The molecule has 0 aliphatic rings. The SMILES string of the molecule is CCCCS(=O)(=O)Nc1ccc(C#N)cc1OC. The molecule has 0 heterocycles. The highest BCUT2D eigenvalue weighted by Gasteiger charge is 2.13. The Hall–Kier alpha value is -1.74. The van der Waals surface area contributed by atoms with Crippen molar-refractivity contribution in [1.29, 1.82) is 5.26 Å². The van der Waals surface area contributed by atoms with Crippen LogP contribution in [0, 0.1) is 11.3 Å². The Bertz CT molecular complexity index is 547. The van der Waals surface area contributed by atoms with E-state index < -0.39 is 10.0 Å². The highest BCUT2D eigenvalue weighted by Crippen LogP contribution is 2.26. The third-order valence-corrected chi connectivity index (χ3v) is 3.72. The van der Waals surface area contributed by atoms with Crippen molar-refractivity contribution in [3.63, 3.8) is 0 Å². The maximum Gasteiger partial charge on any atom is 0.232 e. The van der Waals surface area contributed by atoms with E-state index in [-0.39, 0.29) is 5.75 Å². The number of unbranched alkanes of at least 4 members (excludes halogenated alkanes) is 1. The molecule has 0 radical (unpaired) electrons. The lowest BCUT2D eigenvalue weighted by molar-refractivity contribution is 0.416. The van der Waals surface area contributed by atoms with Gasteiger partial charge in [0.25, 0.3) is 0 Å². The number of methoxy groups -OCH3 is 1. The van der Waals surface area contributed by atoms with Crippen molar-refractivity contribution >= 4 is 15.7 Å². The van der Waals surface area contributed by atoms with Crippen LogP contribution < -0.4 is 9.46 Å². The Morgan fingerprint density at radius 3 is 2.72 bits per heavy atom. The third kappa shape index (κ3) is 3.93. The number of anilines is 1. The smallest absolute Gasteiger partial charge is 0.232 e. The molecule has 1 aromatic carbocycles. The van der Waals surface area contributed by atoms with Crippen LogP contribution in [0.5, 0.6) is 5.75 Å². The zero-order valence-electron chi connectivity index (χ0n) is 10.4. The molecule has 0 saturated heterocycles. The minimum absolute atomic E-state index is 0.0760. The van der Waals surface area contributed by atoms with Gasteiger partial charge in [0, 0.05) is 6.07 Å². The average molecular weight is 268 g/mol. The number of hydrogen-bond acceptors (Lipinski definition) is 4. The number of nitriles is 1. The molecule has 1 rings (SSSR count). The lowest BCUT2D eigenvalue weighted by Crippen LogP contribution is -2.17. The molecule has 0 unspecified atom stereocenters. The number of hydrogen-bond donors (Lipinski definition) is 1. The van der Waals surface area contributed by atoms with Gasteiger partial charge in [-0.05, 0) is 18.6 Å². The summed E-state index contributed by atoms with van der Waals surface area (Å²) in [7, 11) is -1.93. The van der Waals surface area contributed by atoms with Gasteiger partial charge >= 0.3 is 0 Å². The molecule has 0 aliphatic heterocycles. The largest absolute Gasteiger partial charge is 0.495 e. The van der Waals surface area contributed by atoms with Crippen LogP contribution in [0.25, 0.3) is 0 Å². The number of nitrogens with zero attached hydrogens (tertiary/aromatic N) is 1. The molecule has 98 valence electrons. The molecule has 0 atom stereocenters. The summed E-state index contributed by atoms with van der Waals surface area (Å²) < 4.78 is 31.0. The first-order chi connectivity index (χ1) is 8.52. The number of sulfonamides is 1. The summed E-state index contributed by atoms with van der Waals surface area (Å²) in [5.41, 5.74) is 0.774. The second-order valence-corrected chi connectivity index (χ2v) is 5.64. The molecule has 1 N–H and O–H groups in total. The first kappa shape index (κ1) is 14.3. The fourth-order valence-corrected chi connectivity index (χ4v) is 2.67. The second-order valence-electron chi connectivity index (χ2n) is 3.80. The standard InChI is InChI=1S/C12H16N2O3S/c1-3-4-7-18(15,16)14-11-6-5-10(9-13)8-12(11)17-2/h5-6,8,14H,3-4,7H2,1-2H3. The Labute approximate surface area is 107 Å². The predicted octanol–water partition coefficient (Wildman–Crippen LogP) is 2.11. The normalized spacial score (nSPS) is 10.7. The van der Waals surface area contributed by atoms with Crippen LogP contribution in [0.1, 0.15) is 25.3 Å². The summed E-state index contributed by atoms with van der Waals surface area (Å²) in [6, 6.07) is 6.54. The summed E-state index contributed by atoms with van der Waals surface area (Å²) >= 11 is 0. The molecule has 0 aromatic heterocycles. The van der Waals surface area contributed by atoms with Gasteiger partial charge in [0.15, 0.2) is 0 Å². The average Bonchev–Trinajstić information content (AvgIpc) is 2.36. The van der Waals surface area contributed by atoms with E-state index in [4.69, 9.17) is 10.00 Å². The third-order valence-electron chi connectivity index (χ3n) is 2.36. The van der Waals surface area contributed by atoms with E-state index >= 15 is 0 Å². The zero-order chi connectivity index (χ0) is 13.6. The van der Waals surface area contributed by atoms with Crippen molar-refractivity contribution in [3.8, 4) is 11.8 Å². The van der Waals surface area contributed by atoms with Crippen molar-refractivity contribution in [3.05, 3.63) is 23.8 Å². The van der Waals surface area contributed by atoms with Crippen molar-refractivity contribution in [1.82, 2.24) is 0 Å². The number of ether oxygens (including phenoxy) is 1. The minimum atomic E-state index is -3.36. The van der Waals surface area contributed by atoms with Crippen LogP contribution in [0.4, 0.5) is 5.69 Å². The van der Waals surface area contributed by atoms with Gasteiger partial charge in [-0.2, -0.15) is 5.26 Å². The summed E-state index contributed by atoms with van der Waals surface area (Å²) in [5, 5.41) is 8.75. The molecule has 0 saturated carbocycles. The molecule has 0 fully saturated rings. The maximum atomic E-state index is 11.7. The lowest BCUT2D eigenvalue weighted by atomic mass is 10.2. The van der Waals surface area contributed by atoms with Gasteiger partial charge in [-0.15, -0.1) is 0 Å². The molecule has 6 heteroatoms. The summed E-state index contributed by atoms with van der Waals surface area (Å²) in [4.78, 5) is 0. The van der Waals surface area contributed by atoms with Crippen LogP contribution >= 0.6 is 0 Å². The first-order valence-corrected chi connectivity index (χ1v) is 7.26. The molecule has 5 nitrogen and oxygen atoms in total. The van der Waals surface area contributed by atoms with Crippen LogP contribution in [-0.2, 0) is 10.0 Å². The van der Waals surface area contributed by atoms with Crippen LogP contribution in [0.3, 0.4) is 0 Å². The van der Waals surface area contributed by atoms with Crippen molar-refractivity contribution in [2.24, 2.45) is 0 Å². The van der Waals surface area contributed by atoms with E-state index in [9.17, 15) is 8.42 Å². The molecule has 0 spiro atoms. The Morgan fingerprint density at radius 1 is 1.44 bits per heavy atom. The topological polar surface area (TPSA) is 79.2 Å². The first-order valence-electron chi connectivity index (χ1n) is 5.61. The van der Waals surface area contributed by atoms with Gasteiger partial charge in [-0.3, -0.25) is 4.72 Å². The highest BCUT2D eigenvalue weighted by atomic mass is 32.2. The van der Waals surface area contributed by atoms with Crippen LogP contribution in [0.2, 0.25) is 0 Å². The summed E-state index contributed by atoms with van der Waals surface area (Å²) in [5.74, 6) is 0.418. The predicted molar refractivity (Wildman–Crippen MR) is 70.0 cm³/mol. The van der Waals surface area contributed by atoms with E-state index in [2.05, 4.69) is 4.72 Å². The number of benzene rings is 1. The summed E-state index contributed by atoms with van der Waals surface area (Å²) in [6.45, 7) is 1.93. The van der Waals surface area contributed by atoms with Gasteiger partial charge in [0.1, 0.15) is 5.75 Å². The fourth-order valence-electron chi connectivity index (χ4n) is 1.40. The highest BCUT2D eigenvalue weighted by molar-refractivity contribution is 7.92. The van der Waals surface area contributed by atoms with Gasteiger partial charge in [-0.1, -0.05) is 13.3 Å². The molecule has 0 bridgehead atoms. The van der Waals surface area contributed by atoms with Gasteiger partial charge in [0.05, 0.1) is 30.2 Å². The summed E-state index contributed by atoms with van der Waals surface area (Å²) in [6.07, 6.45) is 1.42. The number of nitrogens with one attached hydrogen (secondary N) is 1. The van der Waals surface area contributed by atoms with Gasteiger partial charge in [-0.25, -0.2) is 8.42 Å². The van der Waals surface area contributed by atoms with E-state index in [1.54, 1.807) is 6.07 Å². The van der Waals surface area contributed by atoms with E-state index in [0.29, 0.717) is 23.4 Å². The quantitative estimate of drug-likeness (QED) is 0.857. The maximum absolute atomic E-state index is 11.7. The van der Waals surface area contributed by atoms with Crippen LogP contribution in [-0.4, -0.2) is 21.3 Å². The Balaban J connectivity index is 2.94. The zero-order valence-corrected chi connectivity index (χ0v) is 11.3. The van der Waals surface area contributed by atoms with Gasteiger partial charge in [0.2, 0.25) is 10.0 Å². The Morgan fingerprint density at radius 2 is 2.17 bits per heavy atom. The fraction of sp³-hybridized carbons (Fsp3) is 0.417. The van der Waals surface area contributed by atoms with E-state index in [1.807, 2.05) is 13.0 Å². The molecule has 0 aliphatic carbocycles. The van der Waals surface area contributed by atoms with Gasteiger partial charge < -0.3 is 4.74 Å². The molecule has 1 aromatic rings.